The lowest BCUT2D eigenvalue weighted by molar-refractivity contribution is -0.142. The fourth-order valence-electron chi connectivity index (χ4n) is 3.97. The Morgan fingerprint density at radius 1 is 0.739 bits per heavy atom. The number of primary amides is 1. The van der Waals surface area contributed by atoms with Crippen LogP contribution < -0.4 is 43.8 Å². The van der Waals surface area contributed by atoms with Gasteiger partial charge in [-0.2, -0.15) is 12.6 Å². The third-order valence-electron chi connectivity index (χ3n) is 6.44. The second-order valence-electron chi connectivity index (χ2n) is 10.1. The molecule has 0 heterocycles. The molecular weight excluding hydrogens is 628 g/mol. The molecule has 46 heavy (non-hydrogen) atoms. The molecule has 18 nitrogen and oxygen atoms in total. The summed E-state index contributed by atoms with van der Waals surface area (Å²) in [7, 11) is 0. The van der Waals surface area contributed by atoms with Crippen molar-refractivity contribution in [1.29, 1.82) is 0 Å². The highest BCUT2D eigenvalue weighted by atomic mass is 32.1. The quantitative estimate of drug-likeness (QED) is 0.0434. The topological polar surface area (TPSA) is 318 Å². The van der Waals surface area contributed by atoms with Crippen molar-refractivity contribution < 1.29 is 48.9 Å². The zero-order valence-corrected chi connectivity index (χ0v) is 25.8. The van der Waals surface area contributed by atoms with E-state index < -0.39 is 91.2 Å². The van der Waals surface area contributed by atoms with Crippen LogP contribution in [0.2, 0.25) is 0 Å². The first-order valence-corrected chi connectivity index (χ1v) is 14.8. The molecule has 0 radical (unpaired) electrons. The highest BCUT2D eigenvalue weighted by Crippen LogP contribution is 2.12. The number of unbranched alkanes of at least 4 members (excludes halogenated alkanes) is 1. The predicted octanol–water partition coefficient (Wildman–Crippen LogP) is -4.67. The van der Waals surface area contributed by atoms with E-state index in [4.69, 9.17) is 17.2 Å². The van der Waals surface area contributed by atoms with Gasteiger partial charge in [0.2, 0.25) is 35.4 Å². The zero-order chi connectivity index (χ0) is 34.8. The molecule has 0 spiro atoms. The van der Waals surface area contributed by atoms with Crippen LogP contribution in [-0.4, -0.2) is 112 Å². The summed E-state index contributed by atoms with van der Waals surface area (Å²) in [4.78, 5) is 87.4. The summed E-state index contributed by atoms with van der Waals surface area (Å²) in [6.07, 6.45) is 0.152. The van der Waals surface area contributed by atoms with Crippen molar-refractivity contribution in [2.75, 3.05) is 25.4 Å². The number of phenols is 1. The van der Waals surface area contributed by atoms with Gasteiger partial charge in [-0.05, 0) is 43.5 Å². The van der Waals surface area contributed by atoms with E-state index in [9.17, 15) is 48.9 Å². The smallest absolute Gasteiger partial charge is 0.327 e. The van der Waals surface area contributed by atoms with Crippen molar-refractivity contribution in [3.05, 3.63) is 29.8 Å². The number of rotatable bonds is 21. The minimum absolute atomic E-state index is 0.0880. The van der Waals surface area contributed by atoms with Gasteiger partial charge in [0.15, 0.2) is 0 Å². The normalized spacial score (nSPS) is 14.0. The molecule has 0 fully saturated rings. The first-order chi connectivity index (χ1) is 21.8. The van der Waals surface area contributed by atoms with Gasteiger partial charge in [-0.25, -0.2) is 4.79 Å². The Kier molecular flexibility index (Phi) is 17.7. The molecule has 0 aliphatic heterocycles. The van der Waals surface area contributed by atoms with Gasteiger partial charge in [-0.1, -0.05) is 12.1 Å². The van der Waals surface area contributed by atoms with Gasteiger partial charge in [-0.15, -0.1) is 0 Å². The van der Waals surface area contributed by atoms with Crippen LogP contribution in [0.1, 0.15) is 31.2 Å². The Bertz CT molecular complexity index is 1220. The first kappa shape index (κ1) is 39.6. The number of hydrogen-bond donors (Lipinski definition) is 12. The van der Waals surface area contributed by atoms with Crippen molar-refractivity contribution in [1.82, 2.24) is 26.6 Å². The molecule has 0 bridgehead atoms. The highest BCUT2D eigenvalue weighted by Gasteiger charge is 2.33. The molecule has 5 atom stereocenters. The number of nitrogens with one attached hydrogen (secondary N) is 5. The van der Waals surface area contributed by atoms with Gasteiger partial charge in [0.1, 0.15) is 36.0 Å². The van der Waals surface area contributed by atoms with Crippen LogP contribution in [0.4, 0.5) is 0 Å². The zero-order valence-electron chi connectivity index (χ0n) is 24.9. The summed E-state index contributed by atoms with van der Waals surface area (Å²) >= 11 is 3.85. The van der Waals surface area contributed by atoms with E-state index in [-0.39, 0.29) is 24.3 Å². The molecule has 0 saturated heterocycles. The van der Waals surface area contributed by atoms with Gasteiger partial charge in [0.05, 0.1) is 19.6 Å². The van der Waals surface area contributed by atoms with Gasteiger partial charge in [-0.3, -0.25) is 28.8 Å². The van der Waals surface area contributed by atoms with Crippen LogP contribution >= 0.6 is 12.6 Å². The molecule has 0 unspecified atom stereocenters. The lowest BCUT2D eigenvalue weighted by Crippen LogP contribution is -2.60. The second kappa shape index (κ2) is 20.5. The molecule has 19 heteroatoms. The number of carboxylic acids is 1. The Balaban J connectivity index is 3.27. The highest BCUT2D eigenvalue weighted by molar-refractivity contribution is 7.80. The summed E-state index contributed by atoms with van der Waals surface area (Å²) in [6.45, 7) is -1.04. The summed E-state index contributed by atoms with van der Waals surface area (Å²) in [6, 6.07) is -1.81. The van der Waals surface area contributed by atoms with Gasteiger partial charge < -0.3 is 59.1 Å². The Morgan fingerprint density at radius 3 is 1.78 bits per heavy atom. The number of benzene rings is 1. The van der Waals surface area contributed by atoms with E-state index in [0.717, 1.165) is 0 Å². The number of phenolic OH excluding ortho intramolecular Hbond substituents is 1. The minimum atomic E-state index is -1.64. The van der Waals surface area contributed by atoms with Crippen LogP contribution in [0.15, 0.2) is 24.3 Å². The number of thiol groups is 1. The number of nitrogens with two attached hydrogens (primary N) is 3. The fraction of sp³-hybridized carbons (Fsp3) is 0.519. The van der Waals surface area contributed by atoms with Crippen LogP contribution in [0, 0.1) is 0 Å². The monoisotopic (exact) mass is 670 g/mol. The number of aliphatic carboxylic acids is 1. The SMILES string of the molecule is NCCCC[C@H](NC(=O)CN)C(=O)N[C@@H](CC(N)=O)C(=O)N[C@@H](Cc1ccc(O)cc1)C(=O)N[C@@H](CO)C(=O)N[C@@H](CS)C(=O)O. The third-order valence-corrected chi connectivity index (χ3v) is 6.81. The fourth-order valence-corrected chi connectivity index (χ4v) is 4.22. The lowest BCUT2D eigenvalue weighted by Gasteiger charge is -2.26. The van der Waals surface area contributed by atoms with Gasteiger partial charge >= 0.3 is 5.97 Å². The maximum atomic E-state index is 13.4. The van der Waals surface area contributed by atoms with E-state index >= 15 is 0 Å². The van der Waals surface area contributed by atoms with Gasteiger partial charge in [0, 0.05) is 12.2 Å². The van der Waals surface area contributed by atoms with Crippen molar-refractivity contribution in [2.24, 2.45) is 17.2 Å². The Hall–Kier alpha value is -4.46. The van der Waals surface area contributed by atoms with E-state index in [2.05, 4.69) is 39.2 Å². The molecule has 0 aromatic heterocycles. The van der Waals surface area contributed by atoms with Crippen LogP contribution in [0.5, 0.6) is 5.75 Å². The van der Waals surface area contributed by atoms with E-state index in [1.807, 2.05) is 0 Å². The number of aliphatic hydroxyl groups excluding tert-OH is 1. The first-order valence-electron chi connectivity index (χ1n) is 14.2. The number of hydrogen-bond acceptors (Lipinski definition) is 12. The van der Waals surface area contributed by atoms with Gasteiger partial charge in [0.25, 0.3) is 0 Å². The van der Waals surface area contributed by atoms with Crippen LogP contribution in [0.3, 0.4) is 0 Å². The summed E-state index contributed by atoms with van der Waals surface area (Å²) in [5.74, 6) is -7.36. The Morgan fingerprint density at radius 2 is 1.26 bits per heavy atom. The standard InChI is InChI=1S/C27H42N8O10S/c28-8-2-1-3-16(31-22(39)11-29)23(40)33-18(10-21(30)38)25(42)32-17(9-14-4-6-15(37)7-5-14)24(41)34-19(12-36)26(43)35-20(13-46)27(44)45/h4-7,16-20,36-37,46H,1-3,8-13,28-29H2,(H2,30,38)(H,31,39)(H,32,42)(H,33,40)(H,34,41)(H,35,43)(H,44,45)/t16-,17-,18-,19-,20-/m0/s1. The summed E-state index contributed by atoms with van der Waals surface area (Å²) < 4.78 is 0. The van der Waals surface area contributed by atoms with Crippen molar-refractivity contribution >= 4 is 54.0 Å². The largest absolute Gasteiger partial charge is 0.508 e. The molecule has 1 rings (SSSR count). The molecule has 0 aliphatic carbocycles. The number of carbonyl (C=O) groups is 7. The molecule has 1 aromatic rings. The van der Waals surface area contributed by atoms with Crippen molar-refractivity contribution in [2.45, 2.75) is 62.3 Å². The van der Waals surface area contributed by atoms with Crippen LogP contribution in [-0.2, 0) is 40.0 Å². The molecule has 0 saturated carbocycles. The Labute approximate surface area is 270 Å². The molecule has 0 aliphatic rings. The van der Waals surface area contributed by atoms with E-state index in [0.29, 0.717) is 24.9 Å². The molecular formula is C27H42N8O10S. The van der Waals surface area contributed by atoms with Crippen LogP contribution in [0.25, 0.3) is 0 Å². The number of aliphatic hydroxyl groups is 1. The molecule has 1 aromatic carbocycles. The molecule has 14 N–H and O–H groups in total. The van der Waals surface area contributed by atoms with E-state index in [1.165, 1.54) is 24.3 Å². The lowest BCUT2D eigenvalue weighted by atomic mass is 10.0. The third kappa shape index (κ3) is 14.1. The predicted molar refractivity (Wildman–Crippen MR) is 166 cm³/mol. The number of carbonyl (C=O) groups excluding carboxylic acids is 6. The maximum Gasteiger partial charge on any atom is 0.327 e. The number of aromatic hydroxyl groups is 1. The summed E-state index contributed by atoms with van der Waals surface area (Å²) in [5.41, 5.74) is 16.6. The average molecular weight is 671 g/mol. The van der Waals surface area contributed by atoms with E-state index in [1.54, 1.807) is 0 Å². The summed E-state index contributed by atoms with van der Waals surface area (Å²) in [5, 5.41) is 40.1. The average Bonchev–Trinajstić information content (AvgIpc) is 3.01. The minimum Gasteiger partial charge on any atom is -0.508 e. The molecule has 6 amide bonds. The second-order valence-corrected chi connectivity index (χ2v) is 10.5. The maximum absolute atomic E-state index is 13.4. The van der Waals surface area contributed by atoms with Crippen molar-refractivity contribution in [3.63, 3.8) is 0 Å². The molecule has 256 valence electrons. The number of amides is 6. The van der Waals surface area contributed by atoms with Crippen molar-refractivity contribution in [3.8, 4) is 5.75 Å². The number of carboxylic acid groups (broad SMARTS) is 1.